The number of nitrogens with one attached hydrogen (secondary N) is 2. The van der Waals surface area contributed by atoms with Gasteiger partial charge in [-0.05, 0) is 32.5 Å². The van der Waals surface area contributed by atoms with Gasteiger partial charge >= 0.3 is 0 Å². The summed E-state index contributed by atoms with van der Waals surface area (Å²) in [5, 5.41) is 6.60. The summed E-state index contributed by atoms with van der Waals surface area (Å²) in [5.74, 6) is 1.86. The van der Waals surface area contributed by atoms with Crippen LogP contribution in [0, 0.1) is 0 Å². The van der Waals surface area contributed by atoms with Crippen LogP contribution in [-0.4, -0.2) is 75.4 Å². The molecular formula is C18H32N6O. The Balaban J connectivity index is 1.91. The molecule has 1 aliphatic heterocycles. The number of piperazine rings is 1. The van der Waals surface area contributed by atoms with Gasteiger partial charge in [-0.3, -0.25) is 0 Å². The van der Waals surface area contributed by atoms with E-state index in [4.69, 9.17) is 4.74 Å². The van der Waals surface area contributed by atoms with Crippen LogP contribution in [0.5, 0.6) is 0 Å². The van der Waals surface area contributed by atoms with E-state index in [1.165, 1.54) is 0 Å². The first-order valence-corrected chi connectivity index (χ1v) is 9.04. The van der Waals surface area contributed by atoms with Crippen molar-refractivity contribution in [2.45, 2.75) is 26.4 Å². The molecule has 0 spiro atoms. The minimum absolute atomic E-state index is 0.209. The molecule has 7 heteroatoms. The van der Waals surface area contributed by atoms with E-state index in [0.717, 1.165) is 50.1 Å². The van der Waals surface area contributed by atoms with E-state index >= 15 is 0 Å². The van der Waals surface area contributed by atoms with Gasteiger partial charge in [-0.15, -0.1) is 0 Å². The summed E-state index contributed by atoms with van der Waals surface area (Å²) in [4.78, 5) is 13.9. The highest BCUT2D eigenvalue weighted by atomic mass is 16.5. The first-order chi connectivity index (χ1) is 12.1. The molecule has 25 heavy (non-hydrogen) atoms. The number of pyridine rings is 1. The zero-order valence-corrected chi connectivity index (χ0v) is 16.0. The second-order valence-electron chi connectivity index (χ2n) is 6.51. The molecule has 7 nitrogen and oxygen atoms in total. The third-order valence-electron chi connectivity index (χ3n) is 4.20. The lowest BCUT2D eigenvalue weighted by Crippen LogP contribution is -2.44. The Morgan fingerprint density at radius 2 is 2.08 bits per heavy atom. The van der Waals surface area contributed by atoms with Gasteiger partial charge in [0.2, 0.25) is 0 Å². The molecule has 0 bridgehead atoms. The highest BCUT2D eigenvalue weighted by Gasteiger charge is 2.14. The average Bonchev–Trinajstić information content (AvgIpc) is 2.61. The lowest BCUT2D eigenvalue weighted by molar-refractivity contribution is 0.179. The minimum atomic E-state index is 0.209. The van der Waals surface area contributed by atoms with E-state index in [1.807, 2.05) is 6.20 Å². The molecular weight excluding hydrogens is 316 g/mol. The van der Waals surface area contributed by atoms with Gasteiger partial charge in [0.1, 0.15) is 5.82 Å². The number of hydrogen-bond acceptors (Lipinski definition) is 5. The molecule has 2 heterocycles. The predicted octanol–water partition coefficient (Wildman–Crippen LogP) is 0.923. The van der Waals surface area contributed by atoms with Crippen molar-refractivity contribution in [3.05, 3.63) is 23.9 Å². The largest absolute Gasteiger partial charge is 0.383 e. The summed E-state index contributed by atoms with van der Waals surface area (Å²) in [5.41, 5.74) is 1.11. The number of aliphatic imine (C=N–C) groups is 1. The van der Waals surface area contributed by atoms with Crippen LogP contribution in [0.2, 0.25) is 0 Å². The SMILES string of the molecule is CCNC(=NCc1ccc(N2CCN(C)CC2)nc1)NC(C)COC. The minimum Gasteiger partial charge on any atom is -0.383 e. The normalized spacial score (nSPS) is 17.4. The Morgan fingerprint density at radius 1 is 1.32 bits per heavy atom. The number of rotatable bonds is 7. The van der Waals surface area contributed by atoms with Crippen molar-refractivity contribution in [3.63, 3.8) is 0 Å². The lowest BCUT2D eigenvalue weighted by atomic mass is 10.2. The molecule has 0 radical (unpaired) electrons. The summed E-state index contributed by atoms with van der Waals surface area (Å²) < 4.78 is 5.16. The van der Waals surface area contributed by atoms with Crippen molar-refractivity contribution in [2.75, 3.05) is 58.4 Å². The number of methoxy groups -OCH3 is 1. The third kappa shape index (κ3) is 6.51. The molecule has 140 valence electrons. The number of hydrogen-bond donors (Lipinski definition) is 2. The highest BCUT2D eigenvalue weighted by Crippen LogP contribution is 2.14. The number of likely N-dealkylation sites (N-methyl/N-ethyl adjacent to an activating group) is 1. The Bertz CT molecular complexity index is 525. The van der Waals surface area contributed by atoms with E-state index in [1.54, 1.807) is 7.11 Å². The monoisotopic (exact) mass is 348 g/mol. The average molecular weight is 348 g/mol. The van der Waals surface area contributed by atoms with Crippen molar-refractivity contribution < 1.29 is 4.74 Å². The number of nitrogens with zero attached hydrogens (tertiary/aromatic N) is 4. The number of guanidine groups is 1. The van der Waals surface area contributed by atoms with Crippen molar-refractivity contribution in [3.8, 4) is 0 Å². The maximum absolute atomic E-state index is 5.16. The first-order valence-electron chi connectivity index (χ1n) is 9.04. The second kappa shape index (κ2) is 10.2. The van der Waals surface area contributed by atoms with E-state index in [9.17, 15) is 0 Å². The summed E-state index contributed by atoms with van der Waals surface area (Å²) in [7, 11) is 3.87. The van der Waals surface area contributed by atoms with E-state index in [2.05, 4.69) is 63.4 Å². The Kier molecular flexibility index (Phi) is 7.94. The molecule has 0 saturated carbocycles. The van der Waals surface area contributed by atoms with Crippen molar-refractivity contribution >= 4 is 11.8 Å². The fourth-order valence-corrected chi connectivity index (χ4v) is 2.75. The van der Waals surface area contributed by atoms with Gasteiger partial charge in [0.15, 0.2) is 5.96 Å². The van der Waals surface area contributed by atoms with Crippen LogP contribution in [0.1, 0.15) is 19.4 Å². The van der Waals surface area contributed by atoms with E-state index in [-0.39, 0.29) is 6.04 Å². The third-order valence-corrected chi connectivity index (χ3v) is 4.20. The van der Waals surface area contributed by atoms with Crippen LogP contribution in [0.3, 0.4) is 0 Å². The molecule has 1 aromatic heterocycles. The quantitative estimate of drug-likeness (QED) is 0.564. The van der Waals surface area contributed by atoms with Crippen LogP contribution in [0.25, 0.3) is 0 Å². The second-order valence-corrected chi connectivity index (χ2v) is 6.51. The maximum Gasteiger partial charge on any atom is 0.191 e. The molecule has 1 atom stereocenters. The predicted molar refractivity (Wildman–Crippen MR) is 103 cm³/mol. The van der Waals surface area contributed by atoms with Crippen molar-refractivity contribution in [2.24, 2.45) is 4.99 Å². The van der Waals surface area contributed by atoms with E-state index in [0.29, 0.717) is 13.2 Å². The smallest absolute Gasteiger partial charge is 0.191 e. The van der Waals surface area contributed by atoms with Crippen molar-refractivity contribution in [1.29, 1.82) is 0 Å². The lowest BCUT2D eigenvalue weighted by Gasteiger charge is -2.33. The zero-order chi connectivity index (χ0) is 18.1. The zero-order valence-electron chi connectivity index (χ0n) is 16.0. The van der Waals surface area contributed by atoms with Gasteiger partial charge in [0, 0.05) is 52.1 Å². The van der Waals surface area contributed by atoms with Crippen LogP contribution in [-0.2, 0) is 11.3 Å². The van der Waals surface area contributed by atoms with Gasteiger partial charge in [-0.25, -0.2) is 9.98 Å². The first kappa shape index (κ1) is 19.5. The fourth-order valence-electron chi connectivity index (χ4n) is 2.75. The highest BCUT2D eigenvalue weighted by molar-refractivity contribution is 5.80. The Morgan fingerprint density at radius 3 is 2.68 bits per heavy atom. The van der Waals surface area contributed by atoms with Gasteiger partial charge in [0.05, 0.1) is 13.2 Å². The number of anilines is 1. The topological polar surface area (TPSA) is 65.0 Å². The van der Waals surface area contributed by atoms with Crippen LogP contribution >= 0.6 is 0 Å². The molecule has 1 aromatic rings. The summed E-state index contributed by atoms with van der Waals surface area (Å²) in [6.07, 6.45) is 1.93. The van der Waals surface area contributed by atoms with Gasteiger partial charge in [0.25, 0.3) is 0 Å². The van der Waals surface area contributed by atoms with Gasteiger partial charge in [-0.2, -0.15) is 0 Å². The molecule has 0 aliphatic carbocycles. The number of aromatic nitrogens is 1. The molecule has 2 rings (SSSR count). The van der Waals surface area contributed by atoms with Gasteiger partial charge < -0.3 is 25.2 Å². The molecule has 0 aromatic carbocycles. The fraction of sp³-hybridized carbons (Fsp3) is 0.667. The molecule has 1 aliphatic rings. The molecule has 1 unspecified atom stereocenters. The molecule has 2 N–H and O–H groups in total. The Labute approximate surface area is 151 Å². The van der Waals surface area contributed by atoms with Crippen molar-refractivity contribution in [1.82, 2.24) is 20.5 Å². The molecule has 1 fully saturated rings. The van der Waals surface area contributed by atoms with Crippen LogP contribution in [0.15, 0.2) is 23.3 Å². The summed E-state index contributed by atoms with van der Waals surface area (Å²) >= 11 is 0. The maximum atomic E-state index is 5.16. The summed E-state index contributed by atoms with van der Waals surface area (Å²) in [6, 6.07) is 4.43. The molecule has 1 saturated heterocycles. The van der Waals surface area contributed by atoms with Crippen LogP contribution < -0.4 is 15.5 Å². The Hall–Kier alpha value is -1.86. The van der Waals surface area contributed by atoms with Crippen LogP contribution in [0.4, 0.5) is 5.82 Å². The molecule has 0 amide bonds. The standard InChI is InChI=1S/C18H32N6O/c1-5-19-18(22-15(2)14-25-4)21-13-16-6-7-17(20-12-16)24-10-8-23(3)9-11-24/h6-7,12,15H,5,8-11,13-14H2,1-4H3,(H2,19,21,22). The number of ether oxygens (including phenoxy) is 1. The van der Waals surface area contributed by atoms with E-state index < -0.39 is 0 Å². The van der Waals surface area contributed by atoms with Gasteiger partial charge in [-0.1, -0.05) is 6.07 Å². The summed E-state index contributed by atoms with van der Waals surface area (Å²) in [6.45, 7) is 10.5.